The molecule has 130 valence electrons. The van der Waals surface area contributed by atoms with Crippen molar-refractivity contribution in [3.63, 3.8) is 0 Å². The van der Waals surface area contributed by atoms with E-state index in [-0.39, 0.29) is 11.6 Å². The van der Waals surface area contributed by atoms with E-state index in [9.17, 15) is 9.59 Å². The molecule has 0 aliphatic heterocycles. The first kappa shape index (κ1) is 17.8. The summed E-state index contributed by atoms with van der Waals surface area (Å²) in [7, 11) is 0. The first-order chi connectivity index (χ1) is 12.7. The number of carbonyl (C=O) groups excluding carboxylic acids is 2. The van der Waals surface area contributed by atoms with Crippen molar-refractivity contribution in [1.29, 1.82) is 0 Å². The summed E-state index contributed by atoms with van der Waals surface area (Å²) in [6.07, 6.45) is 1.76. The molecule has 0 N–H and O–H groups in total. The van der Waals surface area contributed by atoms with Gasteiger partial charge in [0, 0.05) is 25.7 Å². The van der Waals surface area contributed by atoms with Crippen LogP contribution in [-0.2, 0) is 35.3 Å². The summed E-state index contributed by atoms with van der Waals surface area (Å²) < 4.78 is 0. The minimum atomic E-state index is 0.198. The highest BCUT2D eigenvalue weighted by Crippen LogP contribution is 2.10. The van der Waals surface area contributed by atoms with Crippen LogP contribution in [0.25, 0.3) is 0 Å². The molecule has 26 heavy (non-hydrogen) atoms. The molecule has 0 heterocycles. The second-order valence-corrected chi connectivity index (χ2v) is 6.57. The average Bonchev–Trinajstić information content (AvgIpc) is 2.65. The summed E-state index contributed by atoms with van der Waals surface area (Å²) in [6.45, 7) is 0. The fourth-order valence-electron chi connectivity index (χ4n) is 3.00. The van der Waals surface area contributed by atoms with Crippen molar-refractivity contribution in [2.45, 2.75) is 25.7 Å². The van der Waals surface area contributed by atoms with Gasteiger partial charge in [-0.15, -0.1) is 0 Å². The smallest absolute Gasteiger partial charge is 0.141 e. The Labute approximate surface area is 154 Å². The molecule has 0 unspecified atom stereocenters. The predicted octanol–water partition coefficient (Wildman–Crippen LogP) is 4.40. The molecule has 2 heteroatoms. The van der Waals surface area contributed by atoms with E-state index >= 15 is 0 Å². The van der Waals surface area contributed by atoms with Gasteiger partial charge in [-0.05, 0) is 22.3 Å². The molecule has 0 saturated carbocycles. The molecule has 0 aliphatic carbocycles. The third kappa shape index (κ3) is 5.52. The lowest BCUT2D eigenvalue weighted by Gasteiger charge is -2.05. The molecule has 2 nitrogen and oxygen atoms in total. The van der Waals surface area contributed by atoms with Crippen LogP contribution in [0.3, 0.4) is 0 Å². The van der Waals surface area contributed by atoms with Crippen LogP contribution in [-0.4, -0.2) is 11.6 Å². The van der Waals surface area contributed by atoms with E-state index in [1.165, 1.54) is 0 Å². The second-order valence-electron chi connectivity index (χ2n) is 6.57. The molecule has 3 aromatic rings. The van der Waals surface area contributed by atoms with E-state index in [0.29, 0.717) is 25.7 Å². The zero-order valence-electron chi connectivity index (χ0n) is 14.7. The molecule has 0 fully saturated rings. The molecule has 0 aromatic heterocycles. The van der Waals surface area contributed by atoms with Crippen LogP contribution in [0.2, 0.25) is 0 Å². The van der Waals surface area contributed by atoms with Crippen LogP contribution in [0.1, 0.15) is 22.3 Å². The van der Waals surface area contributed by atoms with Crippen LogP contribution in [0.5, 0.6) is 0 Å². The number of hydrogen-bond donors (Lipinski definition) is 0. The zero-order chi connectivity index (χ0) is 18.2. The van der Waals surface area contributed by atoms with Crippen LogP contribution in [0, 0.1) is 0 Å². The van der Waals surface area contributed by atoms with Gasteiger partial charge in [0.15, 0.2) is 0 Å². The Morgan fingerprint density at radius 1 is 0.423 bits per heavy atom. The lowest BCUT2D eigenvalue weighted by molar-refractivity contribution is -0.118. The van der Waals surface area contributed by atoms with Crippen molar-refractivity contribution in [2.75, 3.05) is 0 Å². The third-order valence-electron chi connectivity index (χ3n) is 4.31. The Morgan fingerprint density at radius 3 is 1.00 bits per heavy atom. The minimum Gasteiger partial charge on any atom is -0.299 e. The Morgan fingerprint density at radius 2 is 0.692 bits per heavy atom. The van der Waals surface area contributed by atoms with Gasteiger partial charge in [-0.1, -0.05) is 84.9 Å². The first-order valence-electron chi connectivity index (χ1n) is 8.88. The Kier molecular flexibility index (Phi) is 6.10. The summed E-state index contributed by atoms with van der Waals surface area (Å²) >= 11 is 0. The lowest BCUT2D eigenvalue weighted by Crippen LogP contribution is -2.08. The molecule has 0 bridgehead atoms. The van der Waals surface area contributed by atoms with Gasteiger partial charge in [0.2, 0.25) is 0 Å². The maximum Gasteiger partial charge on any atom is 0.141 e. The highest BCUT2D eigenvalue weighted by Gasteiger charge is 2.08. The summed E-state index contributed by atoms with van der Waals surface area (Å²) in [5.74, 6) is 0.396. The van der Waals surface area contributed by atoms with Crippen molar-refractivity contribution in [3.05, 3.63) is 107 Å². The second kappa shape index (κ2) is 8.91. The van der Waals surface area contributed by atoms with Crippen LogP contribution < -0.4 is 0 Å². The largest absolute Gasteiger partial charge is 0.299 e. The number of hydrogen-bond acceptors (Lipinski definition) is 2. The van der Waals surface area contributed by atoms with Crippen LogP contribution >= 0.6 is 0 Å². The molecule has 3 rings (SSSR count). The van der Waals surface area contributed by atoms with Crippen LogP contribution in [0.4, 0.5) is 0 Å². The van der Waals surface area contributed by atoms with Crippen molar-refractivity contribution in [1.82, 2.24) is 0 Å². The van der Waals surface area contributed by atoms with Gasteiger partial charge >= 0.3 is 0 Å². The van der Waals surface area contributed by atoms with Crippen LogP contribution in [0.15, 0.2) is 84.9 Å². The average molecular weight is 342 g/mol. The standard InChI is InChI=1S/C24H22O2/c25-23(15-19-7-3-1-4-8-19)17-21-11-13-22(14-12-21)18-24(26)16-20-9-5-2-6-10-20/h1-14H,15-18H2. The molecular formula is C24H22O2. The molecule has 3 aromatic carbocycles. The molecule has 0 spiro atoms. The Balaban J connectivity index is 1.51. The number of carbonyl (C=O) groups is 2. The number of benzene rings is 3. The molecule has 0 radical (unpaired) electrons. The monoisotopic (exact) mass is 342 g/mol. The fourth-order valence-corrected chi connectivity index (χ4v) is 3.00. The van der Waals surface area contributed by atoms with E-state index in [1.807, 2.05) is 84.9 Å². The number of rotatable bonds is 8. The highest BCUT2D eigenvalue weighted by molar-refractivity contribution is 5.84. The first-order valence-corrected chi connectivity index (χ1v) is 8.88. The number of Topliss-reactive ketones (excluding diaryl/α,β-unsaturated/α-hetero) is 2. The van der Waals surface area contributed by atoms with E-state index < -0.39 is 0 Å². The van der Waals surface area contributed by atoms with Crippen molar-refractivity contribution < 1.29 is 9.59 Å². The van der Waals surface area contributed by atoms with Gasteiger partial charge in [-0.25, -0.2) is 0 Å². The normalized spacial score (nSPS) is 10.5. The summed E-state index contributed by atoms with van der Waals surface area (Å²) in [5.41, 5.74) is 4.07. The van der Waals surface area contributed by atoms with E-state index in [4.69, 9.17) is 0 Å². The maximum atomic E-state index is 12.2. The molecule has 0 atom stereocenters. The molecule has 0 amide bonds. The van der Waals surface area contributed by atoms with E-state index in [1.54, 1.807) is 0 Å². The fraction of sp³-hybridized carbons (Fsp3) is 0.167. The third-order valence-corrected chi connectivity index (χ3v) is 4.31. The van der Waals surface area contributed by atoms with Gasteiger partial charge in [0.1, 0.15) is 11.6 Å². The molecule has 0 saturated heterocycles. The van der Waals surface area contributed by atoms with Crippen molar-refractivity contribution >= 4 is 11.6 Å². The van der Waals surface area contributed by atoms with Crippen molar-refractivity contribution in [2.24, 2.45) is 0 Å². The summed E-state index contributed by atoms with van der Waals surface area (Å²) in [6, 6.07) is 27.4. The van der Waals surface area contributed by atoms with Gasteiger partial charge in [0.25, 0.3) is 0 Å². The van der Waals surface area contributed by atoms with E-state index in [0.717, 1.165) is 22.3 Å². The highest BCUT2D eigenvalue weighted by atomic mass is 16.1. The lowest BCUT2D eigenvalue weighted by atomic mass is 9.99. The topological polar surface area (TPSA) is 34.1 Å². The van der Waals surface area contributed by atoms with Gasteiger partial charge in [-0.2, -0.15) is 0 Å². The zero-order valence-corrected chi connectivity index (χ0v) is 14.7. The molecule has 0 aliphatic rings. The van der Waals surface area contributed by atoms with Gasteiger partial charge in [-0.3, -0.25) is 9.59 Å². The minimum absolute atomic E-state index is 0.198. The Hall–Kier alpha value is -3.00. The van der Waals surface area contributed by atoms with E-state index in [2.05, 4.69) is 0 Å². The quantitative estimate of drug-likeness (QED) is 0.608. The maximum absolute atomic E-state index is 12.2. The summed E-state index contributed by atoms with van der Waals surface area (Å²) in [4.78, 5) is 24.4. The summed E-state index contributed by atoms with van der Waals surface area (Å²) in [5, 5.41) is 0. The van der Waals surface area contributed by atoms with Gasteiger partial charge < -0.3 is 0 Å². The SMILES string of the molecule is O=C(Cc1ccccc1)Cc1ccc(CC(=O)Cc2ccccc2)cc1. The Bertz CT molecular complexity index is 775. The molecular weight excluding hydrogens is 320 g/mol. The predicted molar refractivity (Wildman–Crippen MR) is 104 cm³/mol. The van der Waals surface area contributed by atoms with Crippen molar-refractivity contribution in [3.8, 4) is 0 Å². The van der Waals surface area contributed by atoms with Gasteiger partial charge in [0.05, 0.1) is 0 Å². The number of ketones is 2.